The van der Waals surface area contributed by atoms with E-state index < -0.39 is 0 Å². The first-order valence-corrected chi connectivity index (χ1v) is 19.5. The van der Waals surface area contributed by atoms with Crippen molar-refractivity contribution in [1.29, 1.82) is 0 Å². The predicted molar refractivity (Wildman–Crippen MR) is 237 cm³/mol. The molecule has 0 radical (unpaired) electrons. The first-order chi connectivity index (χ1) is 27.5. The van der Waals surface area contributed by atoms with Crippen LogP contribution in [0.3, 0.4) is 0 Å². The molecule has 268 valence electrons. The molecule has 0 saturated carbocycles. The highest BCUT2D eigenvalue weighted by Gasteiger charge is 2.35. The molecule has 0 unspecified atom stereocenters. The van der Waals surface area contributed by atoms with Crippen LogP contribution in [-0.2, 0) is 12.5 Å². The molecule has 0 aliphatic heterocycles. The Kier molecular flexibility index (Phi) is 8.08. The van der Waals surface area contributed by atoms with Crippen molar-refractivity contribution < 1.29 is 0 Å². The van der Waals surface area contributed by atoms with Crippen molar-refractivity contribution >= 4 is 28.0 Å². The SMILES string of the molecule is Cn1c(-c2ccccc2)c(-c2ccc(-c3ccc(N(c4ccc(-c5ccccc5)cc4)c4ccc5c(c4)C(C)(C)c4ccccc4-5)cc3)cc2)c2ccccc21. The fourth-order valence-corrected chi connectivity index (χ4v) is 8.96. The number of hydrogen-bond donors (Lipinski definition) is 0. The lowest BCUT2D eigenvalue weighted by atomic mass is 9.82. The first-order valence-electron chi connectivity index (χ1n) is 19.5. The van der Waals surface area contributed by atoms with E-state index in [2.05, 4.69) is 231 Å². The Morgan fingerprint density at radius 1 is 0.393 bits per heavy atom. The molecule has 0 saturated heterocycles. The number of benzene rings is 8. The standard InChI is InChI=1S/C54H42N2/c1-54(2)49-20-12-10-18-46(49)47-35-34-45(36-50(47)54)56(43-30-26-39(27-31-43)37-14-6-4-7-15-37)44-32-28-40(29-33-44)38-22-24-41(25-23-38)52-48-19-11-13-21-51(48)55(3)53(52)42-16-8-5-9-17-42/h4-36H,1-3H3. The molecule has 1 aromatic heterocycles. The van der Waals surface area contributed by atoms with Crippen LogP contribution in [-0.4, -0.2) is 4.57 Å². The predicted octanol–water partition coefficient (Wildman–Crippen LogP) is 14.6. The number of anilines is 3. The number of nitrogens with zero attached hydrogens (tertiary/aromatic N) is 2. The van der Waals surface area contributed by atoms with Gasteiger partial charge < -0.3 is 9.47 Å². The molecular weight excluding hydrogens is 677 g/mol. The maximum Gasteiger partial charge on any atom is 0.0568 e. The van der Waals surface area contributed by atoms with Gasteiger partial charge in [0.2, 0.25) is 0 Å². The third-order valence-corrected chi connectivity index (χ3v) is 11.8. The van der Waals surface area contributed by atoms with Crippen LogP contribution < -0.4 is 4.90 Å². The minimum Gasteiger partial charge on any atom is -0.343 e. The Labute approximate surface area is 329 Å². The topological polar surface area (TPSA) is 8.17 Å². The second-order valence-corrected chi connectivity index (χ2v) is 15.4. The highest BCUT2D eigenvalue weighted by molar-refractivity contribution is 6.04. The fourth-order valence-electron chi connectivity index (χ4n) is 8.96. The normalized spacial score (nSPS) is 12.7. The summed E-state index contributed by atoms with van der Waals surface area (Å²) in [7, 11) is 2.17. The van der Waals surface area contributed by atoms with Gasteiger partial charge >= 0.3 is 0 Å². The third kappa shape index (κ3) is 5.57. The van der Waals surface area contributed by atoms with E-state index in [9.17, 15) is 0 Å². The zero-order chi connectivity index (χ0) is 37.8. The largest absolute Gasteiger partial charge is 0.343 e. The van der Waals surface area contributed by atoms with Crippen LogP contribution in [0.15, 0.2) is 200 Å². The number of fused-ring (bicyclic) bond motifs is 4. The van der Waals surface area contributed by atoms with Gasteiger partial charge in [0.25, 0.3) is 0 Å². The zero-order valence-electron chi connectivity index (χ0n) is 31.9. The lowest BCUT2D eigenvalue weighted by Gasteiger charge is -2.28. The highest BCUT2D eigenvalue weighted by Crippen LogP contribution is 2.51. The molecular formula is C54H42N2. The van der Waals surface area contributed by atoms with Crippen molar-refractivity contribution in [2.75, 3.05) is 4.90 Å². The molecule has 1 aliphatic rings. The highest BCUT2D eigenvalue weighted by atomic mass is 15.1. The van der Waals surface area contributed by atoms with E-state index in [1.807, 2.05) is 0 Å². The maximum absolute atomic E-state index is 2.41. The van der Waals surface area contributed by atoms with Gasteiger partial charge in [-0.15, -0.1) is 0 Å². The van der Waals surface area contributed by atoms with Gasteiger partial charge in [0.1, 0.15) is 0 Å². The van der Waals surface area contributed by atoms with E-state index in [1.54, 1.807) is 0 Å². The van der Waals surface area contributed by atoms with Gasteiger partial charge in [-0.25, -0.2) is 0 Å². The molecule has 2 nitrogen and oxygen atoms in total. The van der Waals surface area contributed by atoms with Crippen molar-refractivity contribution in [1.82, 2.24) is 4.57 Å². The number of hydrogen-bond acceptors (Lipinski definition) is 1. The fraction of sp³-hybridized carbons (Fsp3) is 0.0741. The summed E-state index contributed by atoms with van der Waals surface area (Å²) in [4.78, 5) is 2.40. The molecule has 0 amide bonds. The van der Waals surface area contributed by atoms with Crippen molar-refractivity contribution in [3.8, 4) is 55.8 Å². The van der Waals surface area contributed by atoms with Gasteiger partial charge in [-0.3, -0.25) is 0 Å². The van der Waals surface area contributed by atoms with E-state index in [0.29, 0.717) is 0 Å². The van der Waals surface area contributed by atoms with E-state index in [4.69, 9.17) is 0 Å². The third-order valence-electron chi connectivity index (χ3n) is 11.8. The van der Waals surface area contributed by atoms with Crippen molar-refractivity contribution in [2.24, 2.45) is 7.05 Å². The summed E-state index contributed by atoms with van der Waals surface area (Å²) in [6, 6.07) is 73.0. The molecule has 56 heavy (non-hydrogen) atoms. The van der Waals surface area contributed by atoms with Crippen LogP contribution >= 0.6 is 0 Å². The summed E-state index contributed by atoms with van der Waals surface area (Å²) < 4.78 is 2.33. The number of aryl methyl sites for hydroxylation is 1. The lowest BCUT2D eigenvalue weighted by Crippen LogP contribution is -2.16. The molecule has 9 aromatic rings. The number of aromatic nitrogens is 1. The van der Waals surface area contributed by atoms with E-state index in [0.717, 1.165) is 17.1 Å². The average Bonchev–Trinajstić information content (AvgIpc) is 3.68. The summed E-state index contributed by atoms with van der Waals surface area (Å²) in [5.41, 5.74) is 19.7. The molecule has 0 spiro atoms. The van der Waals surface area contributed by atoms with Crippen molar-refractivity contribution in [3.63, 3.8) is 0 Å². The summed E-state index contributed by atoms with van der Waals surface area (Å²) >= 11 is 0. The maximum atomic E-state index is 2.41. The second-order valence-electron chi connectivity index (χ2n) is 15.4. The van der Waals surface area contributed by atoms with Gasteiger partial charge in [0.05, 0.1) is 5.69 Å². The van der Waals surface area contributed by atoms with Crippen LogP contribution in [0.25, 0.3) is 66.7 Å². The van der Waals surface area contributed by atoms with E-state index >= 15 is 0 Å². The summed E-state index contributed by atoms with van der Waals surface area (Å²) in [6.45, 7) is 4.70. The van der Waals surface area contributed by atoms with Crippen LogP contribution in [0.4, 0.5) is 17.1 Å². The quantitative estimate of drug-likeness (QED) is 0.159. The molecule has 1 aliphatic carbocycles. The Hall–Kier alpha value is -6.90. The van der Waals surface area contributed by atoms with Gasteiger partial charge in [0, 0.05) is 46.0 Å². The van der Waals surface area contributed by atoms with Crippen LogP contribution in [0.1, 0.15) is 25.0 Å². The summed E-state index contributed by atoms with van der Waals surface area (Å²) in [5, 5.41) is 1.27. The Balaban J connectivity index is 1.02. The summed E-state index contributed by atoms with van der Waals surface area (Å²) in [5.74, 6) is 0. The van der Waals surface area contributed by atoms with Crippen LogP contribution in [0, 0.1) is 0 Å². The molecule has 8 aromatic carbocycles. The Morgan fingerprint density at radius 3 is 1.50 bits per heavy atom. The van der Waals surface area contributed by atoms with Gasteiger partial charge in [0.15, 0.2) is 0 Å². The molecule has 0 fully saturated rings. The molecule has 0 atom stereocenters. The monoisotopic (exact) mass is 718 g/mol. The van der Waals surface area contributed by atoms with E-state index in [-0.39, 0.29) is 5.41 Å². The molecule has 0 bridgehead atoms. The van der Waals surface area contributed by atoms with Crippen molar-refractivity contribution in [3.05, 3.63) is 211 Å². The van der Waals surface area contributed by atoms with Gasteiger partial charge in [-0.2, -0.15) is 0 Å². The summed E-state index contributed by atoms with van der Waals surface area (Å²) in [6.07, 6.45) is 0. The smallest absolute Gasteiger partial charge is 0.0568 e. The van der Waals surface area contributed by atoms with Crippen LogP contribution in [0.2, 0.25) is 0 Å². The molecule has 2 heteroatoms. The van der Waals surface area contributed by atoms with E-state index in [1.165, 1.54) is 77.8 Å². The van der Waals surface area contributed by atoms with Gasteiger partial charge in [-0.05, 0) is 98.1 Å². The Bertz CT molecular complexity index is 2850. The van der Waals surface area contributed by atoms with Crippen molar-refractivity contribution in [2.45, 2.75) is 19.3 Å². The first kappa shape index (κ1) is 33.7. The van der Waals surface area contributed by atoms with Gasteiger partial charge in [-0.1, -0.05) is 172 Å². The average molecular weight is 719 g/mol. The molecule has 0 N–H and O–H groups in total. The number of rotatable bonds is 7. The lowest BCUT2D eigenvalue weighted by molar-refractivity contribution is 0.660. The molecule has 1 heterocycles. The second kappa shape index (κ2) is 13.4. The van der Waals surface area contributed by atoms with Crippen LogP contribution in [0.5, 0.6) is 0 Å². The Morgan fingerprint density at radius 2 is 0.857 bits per heavy atom. The zero-order valence-corrected chi connectivity index (χ0v) is 31.9. The minimum absolute atomic E-state index is 0.0886. The minimum atomic E-state index is -0.0886. The number of para-hydroxylation sites is 1. The molecule has 10 rings (SSSR count).